The van der Waals surface area contributed by atoms with E-state index in [1.165, 1.54) is 0 Å². The Balaban J connectivity index is 2.33. The minimum Gasteiger partial charge on any atom is -0.482 e. The zero-order valence-electron chi connectivity index (χ0n) is 20.0. The molecular formula is C25H37IN2O6. The van der Waals surface area contributed by atoms with Crippen molar-refractivity contribution in [2.24, 2.45) is 0 Å². The van der Waals surface area contributed by atoms with Gasteiger partial charge in [-0.25, -0.2) is 0 Å². The highest BCUT2D eigenvalue weighted by Gasteiger charge is 2.40. The van der Waals surface area contributed by atoms with Crippen molar-refractivity contribution in [2.75, 3.05) is 32.9 Å². The van der Waals surface area contributed by atoms with Crippen LogP contribution in [0.5, 0.6) is 5.75 Å². The molecule has 1 aromatic rings. The lowest BCUT2D eigenvalue weighted by atomic mass is 9.87. The molecule has 3 N–H and O–H groups in total. The largest absolute Gasteiger partial charge is 0.482 e. The van der Waals surface area contributed by atoms with Gasteiger partial charge in [0.1, 0.15) is 18.0 Å². The van der Waals surface area contributed by atoms with Gasteiger partial charge in [0.15, 0.2) is 0 Å². The van der Waals surface area contributed by atoms with E-state index >= 15 is 0 Å². The molecule has 0 bridgehead atoms. The molecule has 0 radical (unpaired) electrons. The van der Waals surface area contributed by atoms with E-state index < -0.39 is 18.2 Å². The van der Waals surface area contributed by atoms with Crippen molar-refractivity contribution in [1.82, 2.24) is 10.2 Å². The van der Waals surface area contributed by atoms with Crippen LogP contribution in [0.25, 0.3) is 0 Å². The van der Waals surface area contributed by atoms with Crippen LogP contribution in [-0.4, -0.2) is 78.1 Å². The molecule has 1 aliphatic rings. The van der Waals surface area contributed by atoms with Crippen molar-refractivity contribution in [3.05, 3.63) is 39.5 Å². The lowest BCUT2D eigenvalue weighted by molar-refractivity contribution is -0.139. The van der Waals surface area contributed by atoms with Crippen molar-refractivity contribution in [3.8, 4) is 5.75 Å². The lowest BCUT2D eigenvalue weighted by Crippen LogP contribution is -2.55. The van der Waals surface area contributed by atoms with Gasteiger partial charge in [-0.1, -0.05) is 25.5 Å². The van der Waals surface area contributed by atoms with Gasteiger partial charge in [-0.15, -0.1) is 0 Å². The smallest absolute Gasteiger partial charge is 0.247 e. The Morgan fingerprint density at radius 1 is 1.24 bits per heavy atom. The molecule has 3 atom stereocenters. The number of carbonyl (C=O) groups excluding carboxylic acids is 2. The molecular weight excluding hydrogens is 551 g/mol. The summed E-state index contributed by atoms with van der Waals surface area (Å²) in [5.74, 6) is 0.212. The monoisotopic (exact) mass is 588 g/mol. The van der Waals surface area contributed by atoms with Crippen LogP contribution >= 0.6 is 22.6 Å². The summed E-state index contributed by atoms with van der Waals surface area (Å²) in [5.41, 5.74) is 0.429. The normalized spacial score (nSPS) is 19.9. The third-order valence-electron chi connectivity index (χ3n) is 5.67. The molecule has 190 valence electrons. The predicted octanol–water partition coefficient (Wildman–Crippen LogP) is 2.65. The quantitative estimate of drug-likeness (QED) is 0.228. The van der Waals surface area contributed by atoms with Gasteiger partial charge in [0.2, 0.25) is 11.8 Å². The fourth-order valence-electron chi connectivity index (χ4n) is 3.89. The second kappa shape index (κ2) is 15.3. The summed E-state index contributed by atoms with van der Waals surface area (Å²) in [5, 5.41) is 23.1. The molecule has 0 heterocycles. The molecule has 0 saturated carbocycles. The number of halogens is 1. The number of hydrogen-bond donors (Lipinski definition) is 3. The first-order valence-corrected chi connectivity index (χ1v) is 13.1. The van der Waals surface area contributed by atoms with Crippen molar-refractivity contribution in [1.29, 1.82) is 0 Å². The van der Waals surface area contributed by atoms with Gasteiger partial charge in [-0.3, -0.25) is 9.59 Å². The Bertz CT molecular complexity index is 818. The zero-order valence-corrected chi connectivity index (χ0v) is 22.2. The Morgan fingerprint density at radius 2 is 2.00 bits per heavy atom. The van der Waals surface area contributed by atoms with Crippen LogP contribution in [0.4, 0.5) is 0 Å². The van der Waals surface area contributed by atoms with E-state index in [0.717, 1.165) is 16.4 Å². The van der Waals surface area contributed by atoms with Crippen LogP contribution in [0, 0.1) is 3.57 Å². The third-order valence-corrected chi connectivity index (χ3v) is 6.56. The van der Waals surface area contributed by atoms with E-state index in [1.54, 1.807) is 11.0 Å². The minimum absolute atomic E-state index is 0.0487. The molecule has 0 aliphatic heterocycles. The van der Waals surface area contributed by atoms with Crippen LogP contribution < -0.4 is 10.1 Å². The number of ether oxygens (including phenoxy) is 2. The van der Waals surface area contributed by atoms with E-state index in [2.05, 4.69) is 27.9 Å². The number of hydrogen-bond acceptors (Lipinski definition) is 6. The molecule has 9 heteroatoms. The summed E-state index contributed by atoms with van der Waals surface area (Å²) in [6, 6.07) is 6.83. The van der Waals surface area contributed by atoms with E-state index in [1.807, 2.05) is 38.1 Å². The second-order valence-corrected chi connectivity index (χ2v) is 9.35. The molecule has 0 fully saturated rings. The highest BCUT2D eigenvalue weighted by atomic mass is 127. The minimum atomic E-state index is -1.01. The Kier molecular flexibility index (Phi) is 12.9. The van der Waals surface area contributed by atoms with Gasteiger partial charge in [0, 0.05) is 44.7 Å². The molecule has 8 nitrogen and oxygen atoms in total. The first-order valence-electron chi connectivity index (χ1n) is 12.0. The number of unbranched alkanes of at least 4 members (excludes halogenated alkanes) is 1. The zero-order chi connectivity index (χ0) is 24.9. The lowest BCUT2D eigenvalue weighted by Gasteiger charge is -2.40. The van der Waals surface area contributed by atoms with Crippen LogP contribution in [0.1, 0.15) is 46.0 Å². The molecule has 0 saturated heterocycles. The summed E-state index contributed by atoms with van der Waals surface area (Å²) >= 11 is 2.16. The highest BCUT2D eigenvalue weighted by molar-refractivity contribution is 14.1. The summed E-state index contributed by atoms with van der Waals surface area (Å²) in [6.45, 7) is 5.43. The van der Waals surface area contributed by atoms with Crippen molar-refractivity contribution in [3.63, 3.8) is 0 Å². The molecule has 1 aliphatic carbocycles. The summed E-state index contributed by atoms with van der Waals surface area (Å²) in [4.78, 5) is 27.6. The van der Waals surface area contributed by atoms with E-state index in [-0.39, 0.29) is 31.4 Å². The summed E-state index contributed by atoms with van der Waals surface area (Å²) < 4.78 is 12.5. The maximum absolute atomic E-state index is 13.2. The molecule has 0 spiro atoms. The molecule has 1 aromatic carbocycles. The predicted molar refractivity (Wildman–Crippen MR) is 139 cm³/mol. The Labute approximate surface area is 215 Å². The number of carbonyl (C=O) groups is 2. The van der Waals surface area contributed by atoms with Crippen LogP contribution in [0.3, 0.4) is 0 Å². The molecule has 0 unspecified atom stereocenters. The second-order valence-electron chi connectivity index (χ2n) is 8.19. The van der Waals surface area contributed by atoms with Gasteiger partial charge in [0.05, 0.1) is 16.2 Å². The molecule has 2 rings (SSSR count). The molecule has 34 heavy (non-hydrogen) atoms. The van der Waals surface area contributed by atoms with Crippen LogP contribution in [-0.2, 0) is 14.3 Å². The average molecular weight is 588 g/mol. The maximum atomic E-state index is 13.2. The van der Waals surface area contributed by atoms with Crippen LogP contribution in [0.2, 0.25) is 0 Å². The summed E-state index contributed by atoms with van der Waals surface area (Å²) in [6.07, 6.45) is 2.67. The van der Waals surface area contributed by atoms with E-state index in [0.29, 0.717) is 43.9 Å². The molecule has 2 amide bonds. The van der Waals surface area contributed by atoms with Gasteiger partial charge in [-0.05, 0) is 60.6 Å². The van der Waals surface area contributed by atoms with E-state index in [9.17, 15) is 14.7 Å². The number of aliphatic hydroxyl groups is 2. The SMILES string of the molecule is CCCCC(=O)N(CCCOCC)[C@@H]1CC(C(=O)NCCO)=C[C@H](Oc2ccccc2I)[C@H]1O. The summed E-state index contributed by atoms with van der Waals surface area (Å²) in [7, 11) is 0. The Hall–Kier alpha value is -1.69. The fourth-order valence-corrected chi connectivity index (χ4v) is 4.41. The standard InChI is InChI=1S/C25H37IN2O6/c1-3-5-11-23(30)28(13-8-15-33-4-2)20-16-18(25(32)27-12-14-29)17-22(24(20)31)34-21-10-7-6-9-19(21)26/h6-7,9-10,17,20,22,24,29,31H,3-5,8,11-16H2,1-2H3,(H,27,32)/t20-,22+,24+/m1/s1. The first kappa shape index (κ1) is 28.5. The molecule has 0 aromatic heterocycles. The van der Waals surface area contributed by atoms with Crippen molar-refractivity contribution in [2.45, 2.75) is 64.2 Å². The number of aliphatic hydroxyl groups excluding tert-OH is 2. The van der Waals surface area contributed by atoms with E-state index in [4.69, 9.17) is 14.6 Å². The van der Waals surface area contributed by atoms with Gasteiger partial charge in [0.25, 0.3) is 0 Å². The topological polar surface area (TPSA) is 108 Å². The van der Waals surface area contributed by atoms with Crippen LogP contribution in [0.15, 0.2) is 35.9 Å². The van der Waals surface area contributed by atoms with Gasteiger partial charge in [-0.2, -0.15) is 0 Å². The van der Waals surface area contributed by atoms with Gasteiger partial charge < -0.3 is 29.9 Å². The number of amides is 2. The van der Waals surface area contributed by atoms with Gasteiger partial charge >= 0.3 is 0 Å². The van der Waals surface area contributed by atoms with Crippen molar-refractivity contribution >= 4 is 34.4 Å². The average Bonchev–Trinajstić information content (AvgIpc) is 2.84. The third kappa shape index (κ3) is 8.51. The first-order chi connectivity index (χ1) is 16.4. The highest BCUT2D eigenvalue weighted by Crippen LogP contribution is 2.30. The number of rotatable bonds is 14. The maximum Gasteiger partial charge on any atom is 0.247 e. The fraction of sp³-hybridized carbons (Fsp3) is 0.600. The number of nitrogens with zero attached hydrogens (tertiary/aromatic N) is 1. The van der Waals surface area contributed by atoms with Crippen molar-refractivity contribution < 1.29 is 29.3 Å². The number of para-hydroxylation sites is 1. The number of nitrogens with one attached hydrogen (secondary N) is 1. The number of benzene rings is 1. The Morgan fingerprint density at radius 3 is 2.68 bits per heavy atom.